The van der Waals surface area contributed by atoms with E-state index in [4.69, 9.17) is 9.47 Å². The Balaban J connectivity index is 1.42. The molecule has 0 aliphatic carbocycles. The summed E-state index contributed by atoms with van der Waals surface area (Å²) >= 11 is 0. The number of hydrogen-bond donors (Lipinski definition) is 1. The second-order valence-corrected chi connectivity index (χ2v) is 6.42. The molecule has 2 aliphatic heterocycles. The van der Waals surface area contributed by atoms with E-state index in [9.17, 15) is 5.11 Å². The van der Waals surface area contributed by atoms with Crippen LogP contribution < -0.4 is 0 Å². The van der Waals surface area contributed by atoms with Gasteiger partial charge in [0.15, 0.2) is 0 Å². The second-order valence-electron chi connectivity index (χ2n) is 6.42. The molecule has 0 aromatic carbocycles. The summed E-state index contributed by atoms with van der Waals surface area (Å²) in [7, 11) is 0. The summed E-state index contributed by atoms with van der Waals surface area (Å²) in [5.41, 5.74) is 2.35. The topological polar surface area (TPSA) is 67.7 Å². The first-order valence-electron chi connectivity index (χ1n) is 8.68. The van der Waals surface area contributed by atoms with E-state index in [1.807, 2.05) is 6.20 Å². The zero-order valence-corrected chi connectivity index (χ0v) is 13.9. The molecule has 0 spiro atoms. The summed E-state index contributed by atoms with van der Waals surface area (Å²) < 4.78 is 11.1. The summed E-state index contributed by atoms with van der Waals surface area (Å²) in [6.07, 6.45) is 5.69. The van der Waals surface area contributed by atoms with E-state index < -0.39 is 6.10 Å². The molecule has 1 saturated heterocycles. The minimum absolute atomic E-state index is 0.216. The van der Waals surface area contributed by atoms with Crippen molar-refractivity contribution in [2.75, 3.05) is 32.9 Å². The lowest BCUT2D eigenvalue weighted by Gasteiger charge is -2.29. The van der Waals surface area contributed by atoms with Crippen molar-refractivity contribution in [2.24, 2.45) is 0 Å². The number of fused-ring (bicyclic) bond motifs is 1. The third-order valence-electron chi connectivity index (χ3n) is 4.50. The van der Waals surface area contributed by atoms with Gasteiger partial charge < -0.3 is 14.6 Å². The Labute approximate surface area is 137 Å². The fraction of sp³-hybridized carbons (Fsp3) is 0.765. The smallest absolute Gasteiger partial charge is 0.128 e. The fourth-order valence-corrected chi connectivity index (χ4v) is 3.19. The van der Waals surface area contributed by atoms with Crippen LogP contribution in [0.15, 0.2) is 6.20 Å². The van der Waals surface area contributed by atoms with Gasteiger partial charge in [-0.15, -0.1) is 0 Å². The maximum Gasteiger partial charge on any atom is 0.128 e. The van der Waals surface area contributed by atoms with Crippen LogP contribution in [0.4, 0.5) is 0 Å². The highest BCUT2D eigenvalue weighted by atomic mass is 16.5. The molecular weight excluding hydrogens is 294 g/mol. The van der Waals surface area contributed by atoms with Crippen LogP contribution >= 0.6 is 0 Å². The standard InChI is InChI=1S/C17H27N3O3/c1-2-17-18-8-13-5-6-20(10-16(13)19-17)9-14(21)11-22-12-15-4-3-7-23-15/h8,14-15,21H,2-7,9-12H2,1H3/t14-,15+/m0/s1. The SMILES string of the molecule is CCc1ncc2c(n1)CN(C[C@H](O)COC[C@H]1CCCO1)CC2. The largest absolute Gasteiger partial charge is 0.389 e. The molecule has 6 nitrogen and oxygen atoms in total. The van der Waals surface area contributed by atoms with E-state index in [2.05, 4.69) is 21.8 Å². The zero-order valence-electron chi connectivity index (χ0n) is 13.9. The molecule has 6 heteroatoms. The van der Waals surface area contributed by atoms with Crippen molar-refractivity contribution in [2.45, 2.75) is 51.4 Å². The van der Waals surface area contributed by atoms with Crippen molar-refractivity contribution in [3.8, 4) is 0 Å². The van der Waals surface area contributed by atoms with Crippen LogP contribution in [0.3, 0.4) is 0 Å². The molecule has 3 heterocycles. The van der Waals surface area contributed by atoms with E-state index in [0.29, 0.717) is 19.8 Å². The van der Waals surface area contributed by atoms with E-state index in [1.165, 1.54) is 5.56 Å². The Hall–Kier alpha value is -1.08. The van der Waals surface area contributed by atoms with Gasteiger partial charge in [0.1, 0.15) is 5.82 Å². The van der Waals surface area contributed by atoms with Gasteiger partial charge in [-0.3, -0.25) is 4.90 Å². The summed E-state index contributed by atoms with van der Waals surface area (Å²) in [5.74, 6) is 0.894. The Bertz CT molecular complexity index is 506. The van der Waals surface area contributed by atoms with Gasteiger partial charge >= 0.3 is 0 Å². The summed E-state index contributed by atoms with van der Waals surface area (Å²) in [5, 5.41) is 10.2. The zero-order chi connectivity index (χ0) is 16.1. The van der Waals surface area contributed by atoms with Gasteiger partial charge in [-0.2, -0.15) is 0 Å². The number of ether oxygens (including phenoxy) is 2. The van der Waals surface area contributed by atoms with Gasteiger partial charge in [-0.1, -0.05) is 6.92 Å². The normalized spacial score (nSPS) is 23.0. The van der Waals surface area contributed by atoms with E-state index in [-0.39, 0.29) is 6.10 Å². The number of aromatic nitrogens is 2. The molecule has 23 heavy (non-hydrogen) atoms. The van der Waals surface area contributed by atoms with Crippen LogP contribution in [0.1, 0.15) is 36.8 Å². The first-order chi connectivity index (χ1) is 11.2. The molecule has 0 radical (unpaired) electrons. The van der Waals surface area contributed by atoms with Crippen molar-refractivity contribution in [1.29, 1.82) is 0 Å². The molecule has 1 aromatic rings. The first-order valence-corrected chi connectivity index (χ1v) is 8.68. The number of nitrogens with zero attached hydrogens (tertiary/aromatic N) is 3. The van der Waals surface area contributed by atoms with Crippen LogP contribution in [-0.2, 0) is 28.9 Å². The quantitative estimate of drug-likeness (QED) is 0.807. The minimum atomic E-state index is -0.467. The lowest BCUT2D eigenvalue weighted by Crippen LogP contribution is -2.39. The second kappa shape index (κ2) is 8.15. The van der Waals surface area contributed by atoms with Crippen molar-refractivity contribution >= 4 is 0 Å². The van der Waals surface area contributed by atoms with Gasteiger partial charge in [0.05, 0.1) is 31.1 Å². The van der Waals surface area contributed by atoms with Gasteiger partial charge in [-0.05, 0) is 24.8 Å². The molecule has 0 bridgehead atoms. The Kier molecular flexibility index (Phi) is 5.94. The van der Waals surface area contributed by atoms with E-state index >= 15 is 0 Å². The van der Waals surface area contributed by atoms with Crippen LogP contribution in [-0.4, -0.2) is 65.1 Å². The molecule has 0 amide bonds. The molecule has 128 valence electrons. The van der Waals surface area contributed by atoms with Gasteiger partial charge in [0, 0.05) is 38.9 Å². The number of β-amino-alcohol motifs (C(OH)–C–C–N with tert-alkyl or cyclic N) is 1. The molecule has 0 unspecified atom stereocenters. The number of aliphatic hydroxyl groups excluding tert-OH is 1. The van der Waals surface area contributed by atoms with Gasteiger partial charge in [0.2, 0.25) is 0 Å². The van der Waals surface area contributed by atoms with Gasteiger partial charge in [0.25, 0.3) is 0 Å². The maximum atomic E-state index is 10.2. The molecule has 2 atom stereocenters. The predicted molar refractivity (Wildman–Crippen MR) is 86.2 cm³/mol. The molecule has 0 saturated carbocycles. The molecule has 1 fully saturated rings. The first kappa shape index (κ1) is 16.8. The number of rotatable bonds is 7. The molecule has 1 aromatic heterocycles. The van der Waals surface area contributed by atoms with Crippen molar-refractivity contribution < 1.29 is 14.6 Å². The van der Waals surface area contributed by atoms with Crippen molar-refractivity contribution in [1.82, 2.24) is 14.9 Å². The van der Waals surface area contributed by atoms with E-state index in [1.54, 1.807) is 0 Å². The van der Waals surface area contributed by atoms with Crippen LogP contribution in [0.2, 0.25) is 0 Å². The summed E-state index contributed by atoms with van der Waals surface area (Å²) in [6.45, 7) is 6.21. The molecular formula is C17H27N3O3. The average molecular weight is 321 g/mol. The van der Waals surface area contributed by atoms with E-state index in [0.717, 1.165) is 56.9 Å². The monoisotopic (exact) mass is 321 g/mol. The Morgan fingerprint density at radius 2 is 2.43 bits per heavy atom. The third kappa shape index (κ3) is 4.70. The summed E-state index contributed by atoms with van der Waals surface area (Å²) in [4.78, 5) is 11.2. The minimum Gasteiger partial charge on any atom is -0.389 e. The highest BCUT2D eigenvalue weighted by Gasteiger charge is 2.21. The number of aryl methyl sites for hydroxylation is 1. The molecule has 3 rings (SSSR count). The molecule has 2 aliphatic rings. The fourth-order valence-electron chi connectivity index (χ4n) is 3.19. The number of hydrogen-bond acceptors (Lipinski definition) is 6. The molecule has 1 N–H and O–H groups in total. The Morgan fingerprint density at radius 3 is 3.22 bits per heavy atom. The van der Waals surface area contributed by atoms with Crippen LogP contribution in [0.5, 0.6) is 0 Å². The lowest BCUT2D eigenvalue weighted by atomic mass is 10.1. The highest BCUT2D eigenvalue weighted by molar-refractivity contribution is 5.20. The number of aliphatic hydroxyl groups is 1. The maximum absolute atomic E-state index is 10.2. The Morgan fingerprint density at radius 1 is 1.52 bits per heavy atom. The highest BCUT2D eigenvalue weighted by Crippen LogP contribution is 2.17. The van der Waals surface area contributed by atoms with Crippen LogP contribution in [0.25, 0.3) is 0 Å². The van der Waals surface area contributed by atoms with Crippen LogP contribution in [0, 0.1) is 0 Å². The summed E-state index contributed by atoms with van der Waals surface area (Å²) in [6, 6.07) is 0. The van der Waals surface area contributed by atoms with Crippen molar-refractivity contribution in [3.63, 3.8) is 0 Å². The van der Waals surface area contributed by atoms with Gasteiger partial charge in [-0.25, -0.2) is 9.97 Å². The van der Waals surface area contributed by atoms with Crippen molar-refractivity contribution in [3.05, 3.63) is 23.3 Å². The average Bonchev–Trinajstić information content (AvgIpc) is 3.07. The third-order valence-corrected chi connectivity index (χ3v) is 4.50. The lowest BCUT2D eigenvalue weighted by molar-refractivity contribution is -0.0262. The predicted octanol–water partition coefficient (Wildman–Crippen LogP) is 0.954.